The van der Waals surface area contributed by atoms with Crippen molar-refractivity contribution in [1.82, 2.24) is 9.78 Å². The normalized spacial score (nSPS) is 10.4. The Labute approximate surface area is 105 Å². The van der Waals surface area contributed by atoms with Gasteiger partial charge in [0.25, 0.3) is 0 Å². The SMILES string of the molecule is COc1csc(C(=O)c2c(Br)cnn2C)c1. The van der Waals surface area contributed by atoms with Gasteiger partial charge in [0, 0.05) is 18.5 Å². The van der Waals surface area contributed by atoms with Gasteiger partial charge in [-0.25, -0.2) is 0 Å². The molecule has 0 saturated carbocycles. The first-order chi connectivity index (χ1) is 7.63. The van der Waals surface area contributed by atoms with E-state index in [0.29, 0.717) is 20.8 Å². The molecule has 2 aromatic rings. The summed E-state index contributed by atoms with van der Waals surface area (Å²) in [6.07, 6.45) is 1.61. The van der Waals surface area contributed by atoms with Crippen LogP contribution in [-0.2, 0) is 7.05 Å². The van der Waals surface area contributed by atoms with Crippen LogP contribution in [0.1, 0.15) is 15.4 Å². The van der Waals surface area contributed by atoms with Gasteiger partial charge in [-0.2, -0.15) is 5.10 Å². The van der Waals surface area contributed by atoms with Gasteiger partial charge in [0.2, 0.25) is 5.78 Å². The molecule has 0 aromatic carbocycles. The van der Waals surface area contributed by atoms with Crippen LogP contribution >= 0.6 is 27.3 Å². The van der Waals surface area contributed by atoms with E-state index in [9.17, 15) is 4.79 Å². The molecule has 16 heavy (non-hydrogen) atoms. The van der Waals surface area contributed by atoms with Crippen LogP contribution < -0.4 is 4.74 Å². The van der Waals surface area contributed by atoms with E-state index in [0.717, 1.165) is 0 Å². The Kier molecular flexibility index (Phi) is 3.11. The number of ether oxygens (including phenoxy) is 1. The summed E-state index contributed by atoms with van der Waals surface area (Å²) in [6.45, 7) is 0. The lowest BCUT2D eigenvalue weighted by molar-refractivity contribution is 0.103. The summed E-state index contributed by atoms with van der Waals surface area (Å²) in [7, 11) is 3.32. The lowest BCUT2D eigenvalue weighted by atomic mass is 10.2. The maximum atomic E-state index is 12.1. The minimum Gasteiger partial charge on any atom is -0.496 e. The number of thiophene rings is 1. The molecule has 0 atom stereocenters. The fourth-order valence-corrected chi connectivity index (χ4v) is 2.65. The third kappa shape index (κ3) is 1.90. The van der Waals surface area contributed by atoms with Crippen LogP contribution in [0.5, 0.6) is 5.75 Å². The van der Waals surface area contributed by atoms with Crippen LogP contribution in [0.15, 0.2) is 22.1 Å². The Balaban J connectivity index is 2.39. The van der Waals surface area contributed by atoms with Gasteiger partial charge >= 0.3 is 0 Å². The zero-order chi connectivity index (χ0) is 11.7. The lowest BCUT2D eigenvalue weighted by Gasteiger charge is -1.99. The molecular weight excluding hydrogens is 292 g/mol. The largest absolute Gasteiger partial charge is 0.496 e. The average Bonchev–Trinajstić information content (AvgIpc) is 2.85. The molecule has 0 N–H and O–H groups in total. The molecule has 0 radical (unpaired) electrons. The molecule has 0 spiro atoms. The highest BCUT2D eigenvalue weighted by Crippen LogP contribution is 2.26. The summed E-state index contributed by atoms with van der Waals surface area (Å²) in [5.74, 6) is 0.645. The number of hydrogen-bond acceptors (Lipinski definition) is 4. The molecule has 0 unspecified atom stereocenters. The third-order valence-electron chi connectivity index (χ3n) is 2.14. The molecule has 2 aromatic heterocycles. The number of aromatic nitrogens is 2. The predicted molar refractivity (Wildman–Crippen MR) is 65.2 cm³/mol. The second kappa shape index (κ2) is 4.39. The third-order valence-corrected chi connectivity index (χ3v) is 3.63. The number of carbonyl (C=O) groups excluding carboxylic acids is 1. The van der Waals surface area contributed by atoms with Crippen molar-refractivity contribution in [3.63, 3.8) is 0 Å². The minimum atomic E-state index is -0.0554. The molecule has 0 bridgehead atoms. The highest BCUT2D eigenvalue weighted by Gasteiger charge is 2.19. The number of nitrogens with zero attached hydrogens (tertiary/aromatic N) is 2. The Hall–Kier alpha value is -1.14. The Morgan fingerprint density at radius 2 is 2.38 bits per heavy atom. The summed E-state index contributed by atoms with van der Waals surface area (Å²) in [6, 6.07) is 1.73. The van der Waals surface area contributed by atoms with Crippen molar-refractivity contribution in [2.24, 2.45) is 7.05 Å². The van der Waals surface area contributed by atoms with E-state index < -0.39 is 0 Å². The topological polar surface area (TPSA) is 44.1 Å². The highest BCUT2D eigenvalue weighted by molar-refractivity contribution is 9.10. The van der Waals surface area contributed by atoms with Gasteiger partial charge in [0.15, 0.2) is 0 Å². The van der Waals surface area contributed by atoms with Crippen LogP contribution in [0.25, 0.3) is 0 Å². The smallest absolute Gasteiger partial charge is 0.222 e. The van der Waals surface area contributed by atoms with E-state index in [1.54, 1.807) is 36.5 Å². The van der Waals surface area contributed by atoms with Crippen molar-refractivity contribution in [2.45, 2.75) is 0 Å². The summed E-state index contributed by atoms with van der Waals surface area (Å²) in [4.78, 5) is 12.8. The molecule has 2 rings (SSSR count). The lowest BCUT2D eigenvalue weighted by Crippen LogP contribution is -2.07. The molecule has 0 amide bonds. The van der Waals surface area contributed by atoms with E-state index in [1.807, 2.05) is 0 Å². The van der Waals surface area contributed by atoms with Crippen LogP contribution in [0.4, 0.5) is 0 Å². The summed E-state index contributed by atoms with van der Waals surface area (Å²) in [5, 5.41) is 5.82. The second-order valence-electron chi connectivity index (χ2n) is 3.14. The first kappa shape index (κ1) is 11.3. The molecule has 84 valence electrons. The first-order valence-corrected chi connectivity index (χ1v) is 6.15. The van der Waals surface area contributed by atoms with Gasteiger partial charge in [-0.3, -0.25) is 9.48 Å². The maximum Gasteiger partial charge on any atom is 0.222 e. The van der Waals surface area contributed by atoms with Crippen LogP contribution in [0.3, 0.4) is 0 Å². The van der Waals surface area contributed by atoms with E-state index in [1.165, 1.54) is 11.3 Å². The van der Waals surface area contributed by atoms with Crippen molar-refractivity contribution in [3.8, 4) is 5.75 Å². The second-order valence-corrected chi connectivity index (χ2v) is 4.91. The Bertz CT molecular complexity index is 513. The number of carbonyl (C=O) groups is 1. The van der Waals surface area contributed by atoms with Gasteiger partial charge in [-0.05, 0) is 15.9 Å². The van der Waals surface area contributed by atoms with E-state index >= 15 is 0 Å². The number of rotatable bonds is 3. The molecule has 0 fully saturated rings. The van der Waals surface area contributed by atoms with Crippen molar-refractivity contribution in [3.05, 3.63) is 32.7 Å². The zero-order valence-electron chi connectivity index (χ0n) is 8.73. The first-order valence-electron chi connectivity index (χ1n) is 4.48. The molecule has 0 saturated heterocycles. The molecular formula is C10H9BrN2O2S. The highest BCUT2D eigenvalue weighted by atomic mass is 79.9. The van der Waals surface area contributed by atoms with E-state index in [2.05, 4.69) is 21.0 Å². The summed E-state index contributed by atoms with van der Waals surface area (Å²) < 4.78 is 7.30. The number of methoxy groups -OCH3 is 1. The van der Waals surface area contributed by atoms with Crippen molar-refractivity contribution in [2.75, 3.05) is 7.11 Å². The molecule has 6 heteroatoms. The van der Waals surface area contributed by atoms with Gasteiger partial charge in [-0.15, -0.1) is 11.3 Å². The molecule has 2 heterocycles. The van der Waals surface area contributed by atoms with Crippen molar-refractivity contribution < 1.29 is 9.53 Å². The van der Waals surface area contributed by atoms with Crippen molar-refractivity contribution in [1.29, 1.82) is 0 Å². The number of halogens is 1. The monoisotopic (exact) mass is 300 g/mol. The number of aryl methyl sites for hydroxylation is 1. The maximum absolute atomic E-state index is 12.1. The fraction of sp³-hybridized carbons (Fsp3) is 0.200. The van der Waals surface area contributed by atoms with Gasteiger partial charge in [0.05, 0.1) is 22.7 Å². The van der Waals surface area contributed by atoms with Crippen LogP contribution in [0.2, 0.25) is 0 Å². The molecule has 0 aliphatic rings. The summed E-state index contributed by atoms with van der Waals surface area (Å²) >= 11 is 4.67. The molecule has 0 aliphatic heterocycles. The Morgan fingerprint density at radius 3 is 2.88 bits per heavy atom. The molecule has 4 nitrogen and oxygen atoms in total. The average molecular weight is 301 g/mol. The minimum absolute atomic E-state index is 0.0554. The van der Waals surface area contributed by atoms with Gasteiger partial charge in [0.1, 0.15) is 11.4 Å². The molecule has 0 aliphatic carbocycles. The van der Waals surface area contributed by atoms with Gasteiger partial charge < -0.3 is 4.74 Å². The quantitative estimate of drug-likeness (QED) is 0.818. The van der Waals surface area contributed by atoms with Crippen LogP contribution in [-0.4, -0.2) is 22.7 Å². The van der Waals surface area contributed by atoms with Gasteiger partial charge in [-0.1, -0.05) is 0 Å². The van der Waals surface area contributed by atoms with E-state index in [4.69, 9.17) is 4.74 Å². The van der Waals surface area contributed by atoms with Crippen molar-refractivity contribution >= 4 is 33.0 Å². The fourth-order valence-electron chi connectivity index (χ4n) is 1.33. The van der Waals surface area contributed by atoms with Crippen LogP contribution in [0, 0.1) is 0 Å². The number of hydrogen-bond donors (Lipinski definition) is 0. The number of ketones is 1. The zero-order valence-corrected chi connectivity index (χ0v) is 11.1. The Morgan fingerprint density at radius 1 is 1.62 bits per heavy atom. The summed E-state index contributed by atoms with van der Waals surface area (Å²) in [5.41, 5.74) is 0.546. The predicted octanol–water partition coefficient (Wildman–Crippen LogP) is 2.48. The van der Waals surface area contributed by atoms with E-state index in [-0.39, 0.29) is 5.78 Å². The standard InChI is InChI=1S/C10H9BrN2O2S/c1-13-9(7(11)4-12-13)10(14)8-3-6(15-2)5-16-8/h3-5H,1-2H3.